The molecule has 2 aliphatic heterocycles. The van der Waals surface area contributed by atoms with Crippen LogP contribution in [0.3, 0.4) is 0 Å². The van der Waals surface area contributed by atoms with Crippen LogP contribution < -0.4 is 10.6 Å². The summed E-state index contributed by atoms with van der Waals surface area (Å²) in [6, 6.07) is 4.58. The monoisotopic (exact) mass is 401 g/mol. The van der Waals surface area contributed by atoms with E-state index in [0.717, 1.165) is 37.8 Å². The number of nitrogens with zero attached hydrogens (tertiary/aromatic N) is 3. The van der Waals surface area contributed by atoms with Crippen molar-refractivity contribution in [1.29, 1.82) is 0 Å². The number of nitrogens with one attached hydrogen (secondary N) is 2. The molecule has 0 amide bonds. The zero-order valence-corrected chi connectivity index (χ0v) is 14.8. The van der Waals surface area contributed by atoms with E-state index < -0.39 is 17.8 Å². The molecule has 2 N–H and O–H groups in total. The fraction of sp³-hybridized carbons (Fsp3) is 0.412. The Bertz CT molecular complexity index is 873. The molecule has 1 saturated heterocycles. The first-order valence-electron chi connectivity index (χ1n) is 8.48. The number of piperazine rings is 1. The Labute approximate surface area is 157 Å². The predicted octanol–water partition coefficient (Wildman–Crippen LogP) is 3.53. The smallest absolute Gasteiger partial charge is 0.338 e. The van der Waals surface area contributed by atoms with Gasteiger partial charge < -0.3 is 10.6 Å². The zero-order valence-electron chi connectivity index (χ0n) is 14.1. The van der Waals surface area contributed by atoms with Crippen molar-refractivity contribution >= 4 is 23.1 Å². The molecule has 144 valence electrons. The van der Waals surface area contributed by atoms with Gasteiger partial charge in [-0.2, -0.15) is 13.2 Å². The fourth-order valence-corrected chi connectivity index (χ4v) is 3.80. The van der Waals surface area contributed by atoms with Crippen LogP contribution in [0, 0.1) is 5.82 Å². The number of halogens is 5. The Kier molecular flexibility index (Phi) is 4.69. The molecule has 10 heteroatoms. The molecular formula is C17H16ClF4N5. The summed E-state index contributed by atoms with van der Waals surface area (Å²) >= 11 is 5.66. The second-order valence-corrected chi connectivity index (χ2v) is 6.91. The lowest BCUT2D eigenvalue weighted by molar-refractivity contribution is -0.144. The van der Waals surface area contributed by atoms with E-state index in [2.05, 4.69) is 25.5 Å². The molecule has 0 aliphatic carbocycles. The van der Waals surface area contributed by atoms with Crippen LogP contribution in [0.4, 0.5) is 29.1 Å². The van der Waals surface area contributed by atoms with E-state index in [4.69, 9.17) is 11.6 Å². The molecule has 1 unspecified atom stereocenters. The van der Waals surface area contributed by atoms with Crippen molar-refractivity contribution in [1.82, 2.24) is 20.2 Å². The minimum absolute atomic E-state index is 0.0638. The number of hydrogen-bond donors (Lipinski definition) is 2. The molecule has 0 bridgehead atoms. The number of anilines is 2. The van der Waals surface area contributed by atoms with Crippen LogP contribution in [0.1, 0.15) is 23.0 Å². The number of benzene rings is 1. The second kappa shape index (κ2) is 6.88. The SMILES string of the molecule is Fc1c(Nc2cc(Cl)nc(C(F)(F)F)n2)ccc2c1CCN1CCNCC21. The number of fused-ring (bicyclic) bond motifs is 3. The third kappa shape index (κ3) is 3.59. The number of rotatable bonds is 2. The van der Waals surface area contributed by atoms with Gasteiger partial charge in [0.1, 0.15) is 16.8 Å². The first-order valence-corrected chi connectivity index (χ1v) is 8.85. The normalized spacial score (nSPS) is 20.1. The number of alkyl halides is 3. The van der Waals surface area contributed by atoms with Crippen LogP contribution >= 0.6 is 11.6 Å². The molecular weight excluding hydrogens is 386 g/mol. The quantitative estimate of drug-likeness (QED) is 0.595. The molecule has 2 aliphatic rings. The molecule has 1 aromatic carbocycles. The van der Waals surface area contributed by atoms with Crippen LogP contribution in [0.25, 0.3) is 0 Å². The Balaban J connectivity index is 1.66. The summed E-state index contributed by atoms with van der Waals surface area (Å²) in [5.41, 5.74) is 1.56. The lowest BCUT2D eigenvalue weighted by atomic mass is 9.90. The Morgan fingerprint density at radius 3 is 2.81 bits per heavy atom. The summed E-state index contributed by atoms with van der Waals surface area (Å²) in [6.45, 7) is 3.31. The molecule has 1 aromatic heterocycles. The van der Waals surface area contributed by atoms with Crippen LogP contribution in [-0.4, -0.2) is 41.0 Å². The molecule has 3 heterocycles. The van der Waals surface area contributed by atoms with E-state index in [1.165, 1.54) is 6.07 Å². The van der Waals surface area contributed by atoms with Crippen molar-refractivity contribution in [2.75, 3.05) is 31.5 Å². The van der Waals surface area contributed by atoms with Gasteiger partial charge in [0.15, 0.2) is 0 Å². The molecule has 0 saturated carbocycles. The minimum Gasteiger partial charge on any atom is -0.338 e. The van der Waals surface area contributed by atoms with E-state index in [1.807, 2.05) is 6.07 Å². The first kappa shape index (κ1) is 18.4. The second-order valence-electron chi connectivity index (χ2n) is 6.52. The predicted molar refractivity (Wildman–Crippen MR) is 92.6 cm³/mol. The van der Waals surface area contributed by atoms with Crippen molar-refractivity contribution in [3.63, 3.8) is 0 Å². The third-order valence-electron chi connectivity index (χ3n) is 4.85. The maximum absolute atomic E-state index is 15.0. The van der Waals surface area contributed by atoms with Crippen molar-refractivity contribution in [3.8, 4) is 0 Å². The van der Waals surface area contributed by atoms with Gasteiger partial charge in [0.05, 0.1) is 5.69 Å². The van der Waals surface area contributed by atoms with Gasteiger partial charge in [-0.05, 0) is 23.6 Å². The largest absolute Gasteiger partial charge is 0.451 e. The average Bonchev–Trinajstić information content (AvgIpc) is 2.62. The van der Waals surface area contributed by atoms with Crippen LogP contribution in [0.2, 0.25) is 5.15 Å². The van der Waals surface area contributed by atoms with Gasteiger partial charge in [-0.3, -0.25) is 4.90 Å². The van der Waals surface area contributed by atoms with Crippen molar-refractivity contribution < 1.29 is 17.6 Å². The topological polar surface area (TPSA) is 53.1 Å². The molecule has 2 aromatic rings. The lowest BCUT2D eigenvalue weighted by Gasteiger charge is -2.41. The maximum Gasteiger partial charge on any atom is 0.451 e. The van der Waals surface area contributed by atoms with Crippen LogP contribution in [0.5, 0.6) is 0 Å². The van der Waals surface area contributed by atoms with Crippen LogP contribution in [-0.2, 0) is 12.6 Å². The molecule has 0 radical (unpaired) electrons. The molecule has 27 heavy (non-hydrogen) atoms. The number of aromatic nitrogens is 2. The summed E-state index contributed by atoms with van der Waals surface area (Å²) < 4.78 is 53.6. The van der Waals surface area contributed by atoms with Crippen molar-refractivity contribution in [2.45, 2.75) is 18.6 Å². The van der Waals surface area contributed by atoms with E-state index in [0.29, 0.717) is 12.0 Å². The van der Waals surface area contributed by atoms with Crippen molar-refractivity contribution in [2.24, 2.45) is 0 Å². The van der Waals surface area contributed by atoms with Crippen LogP contribution in [0.15, 0.2) is 18.2 Å². The van der Waals surface area contributed by atoms with Gasteiger partial charge in [0.25, 0.3) is 0 Å². The fourth-order valence-electron chi connectivity index (χ4n) is 3.62. The molecule has 0 spiro atoms. The minimum atomic E-state index is -4.74. The standard InChI is InChI=1S/C17H16ClF4N5/c18-13-7-14(26-16(25-13)17(20,21)22)24-11-2-1-9-10(15(11)19)3-5-27-6-4-23-8-12(9)27/h1-2,7,12,23H,3-6,8H2,(H,24,25,26). The third-order valence-corrected chi connectivity index (χ3v) is 5.05. The summed E-state index contributed by atoms with van der Waals surface area (Å²) in [6.07, 6.45) is -4.20. The van der Waals surface area contributed by atoms with E-state index in [-0.39, 0.29) is 22.7 Å². The molecule has 1 atom stereocenters. The van der Waals surface area contributed by atoms with Gasteiger partial charge in [0, 0.05) is 38.3 Å². The molecule has 5 nitrogen and oxygen atoms in total. The molecule has 4 rings (SSSR count). The summed E-state index contributed by atoms with van der Waals surface area (Å²) in [4.78, 5) is 8.88. The average molecular weight is 402 g/mol. The summed E-state index contributed by atoms with van der Waals surface area (Å²) in [5.74, 6) is -2.06. The summed E-state index contributed by atoms with van der Waals surface area (Å²) in [5, 5.41) is 5.54. The highest BCUT2D eigenvalue weighted by molar-refractivity contribution is 6.29. The maximum atomic E-state index is 15.0. The highest BCUT2D eigenvalue weighted by atomic mass is 35.5. The number of hydrogen-bond acceptors (Lipinski definition) is 5. The summed E-state index contributed by atoms with van der Waals surface area (Å²) in [7, 11) is 0. The molecule has 1 fully saturated rings. The highest BCUT2D eigenvalue weighted by Gasteiger charge is 2.36. The van der Waals surface area contributed by atoms with Gasteiger partial charge in [-0.15, -0.1) is 0 Å². The first-order chi connectivity index (χ1) is 12.8. The van der Waals surface area contributed by atoms with E-state index in [1.54, 1.807) is 0 Å². The van der Waals surface area contributed by atoms with E-state index in [9.17, 15) is 13.2 Å². The highest BCUT2D eigenvalue weighted by Crippen LogP contribution is 2.36. The van der Waals surface area contributed by atoms with Crippen molar-refractivity contribution in [3.05, 3.63) is 46.1 Å². The zero-order chi connectivity index (χ0) is 19.2. The lowest BCUT2D eigenvalue weighted by Crippen LogP contribution is -2.49. The Morgan fingerprint density at radius 2 is 2.04 bits per heavy atom. The van der Waals surface area contributed by atoms with E-state index >= 15 is 4.39 Å². The van der Waals surface area contributed by atoms with Gasteiger partial charge >= 0.3 is 6.18 Å². The Morgan fingerprint density at radius 1 is 1.22 bits per heavy atom. The van der Waals surface area contributed by atoms with Gasteiger partial charge in [-0.25, -0.2) is 14.4 Å². The van der Waals surface area contributed by atoms with Gasteiger partial charge in [-0.1, -0.05) is 17.7 Å². The Hall–Kier alpha value is -1.97. The van der Waals surface area contributed by atoms with Gasteiger partial charge in [0.2, 0.25) is 5.82 Å².